The van der Waals surface area contributed by atoms with Gasteiger partial charge in [0, 0.05) is 11.1 Å². The van der Waals surface area contributed by atoms with Crippen LogP contribution in [0.4, 0.5) is 0 Å². The Morgan fingerprint density at radius 1 is 1.14 bits per heavy atom. The van der Waals surface area contributed by atoms with Crippen molar-refractivity contribution < 1.29 is 29.4 Å². The number of carbonyl (C=O) groups excluding carboxylic acids is 2. The second-order valence-corrected chi connectivity index (χ2v) is 7.38. The molecule has 1 amide bonds. The molecule has 2 aromatic rings. The third-order valence-electron chi connectivity index (χ3n) is 5.32. The number of ether oxygens (including phenoxy) is 1. The van der Waals surface area contributed by atoms with Crippen molar-refractivity contribution in [2.75, 3.05) is 20.2 Å². The maximum atomic E-state index is 12.6. The van der Waals surface area contributed by atoms with Crippen molar-refractivity contribution >= 4 is 11.9 Å². The van der Waals surface area contributed by atoms with Crippen molar-refractivity contribution in [2.45, 2.75) is 31.5 Å². The van der Waals surface area contributed by atoms with Crippen LogP contribution < -0.4 is 20.1 Å². The number of carboxylic acid groups (broad SMARTS) is 1. The lowest BCUT2D eigenvalue weighted by molar-refractivity contribution is -0.914. The van der Waals surface area contributed by atoms with E-state index in [0.717, 1.165) is 18.5 Å². The molecule has 0 radical (unpaired) electrons. The average Bonchev–Trinajstić information content (AvgIpc) is 2.89. The Kier molecular flexibility index (Phi) is 6.85. The summed E-state index contributed by atoms with van der Waals surface area (Å²) < 4.78 is 5.11. The number of quaternary nitrogens is 1. The minimum atomic E-state index is -1.19. The molecule has 0 bridgehead atoms. The maximum absolute atomic E-state index is 12.6. The highest BCUT2D eigenvalue weighted by molar-refractivity contribution is 5.94. The zero-order valence-electron chi connectivity index (χ0n) is 16.4. The van der Waals surface area contributed by atoms with Crippen LogP contribution in [0, 0.1) is 0 Å². The van der Waals surface area contributed by atoms with Crippen LogP contribution in [0.25, 0.3) is 0 Å². The van der Waals surface area contributed by atoms with Gasteiger partial charge in [-0.15, -0.1) is 0 Å². The van der Waals surface area contributed by atoms with Crippen molar-refractivity contribution in [2.24, 2.45) is 0 Å². The number of methoxy groups -OCH3 is 1. The van der Waals surface area contributed by atoms with Gasteiger partial charge in [0.25, 0.3) is 5.91 Å². The first-order chi connectivity index (χ1) is 14.0. The summed E-state index contributed by atoms with van der Waals surface area (Å²) in [4.78, 5) is 24.7. The molecule has 1 unspecified atom stereocenters. The Morgan fingerprint density at radius 3 is 2.41 bits per heavy atom. The first-order valence-corrected chi connectivity index (χ1v) is 9.73. The van der Waals surface area contributed by atoms with Gasteiger partial charge in [-0.3, -0.25) is 4.79 Å². The molecule has 0 saturated carbocycles. The molecule has 1 saturated heterocycles. The Balaban J connectivity index is 1.64. The van der Waals surface area contributed by atoms with Crippen LogP contribution in [0.2, 0.25) is 0 Å². The van der Waals surface area contributed by atoms with E-state index >= 15 is 0 Å². The van der Waals surface area contributed by atoms with E-state index in [2.05, 4.69) is 5.32 Å². The summed E-state index contributed by atoms with van der Waals surface area (Å²) in [5.41, 5.74) is 1.67. The fourth-order valence-electron chi connectivity index (χ4n) is 3.66. The summed E-state index contributed by atoms with van der Waals surface area (Å²) in [6.07, 6.45) is 0.874. The highest BCUT2D eigenvalue weighted by atomic mass is 16.5. The van der Waals surface area contributed by atoms with E-state index in [1.165, 1.54) is 4.90 Å². The maximum Gasteiger partial charge on any atom is 0.251 e. The lowest BCUT2D eigenvalue weighted by atomic mass is 10.1. The number of carboxylic acids is 1. The van der Waals surface area contributed by atoms with Crippen LogP contribution in [0.5, 0.6) is 5.75 Å². The molecule has 154 valence electrons. The molecular weight excluding hydrogens is 372 g/mol. The molecule has 3 rings (SSSR count). The van der Waals surface area contributed by atoms with Crippen LogP contribution in [0.15, 0.2) is 48.5 Å². The quantitative estimate of drug-likeness (QED) is 0.603. The van der Waals surface area contributed by atoms with Crippen molar-refractivity contribution in [1.29, 1.82) is 0 Å². The van der Waals surface area contributed by atoms with E-state index in [0.29, 0.717) is 30.8 Å². The Morgan fingerprint density at radius 2 is 1.79 bits per heavy atom. The molecule has 0 spiro atoms. The summed E-state index contributed by atoms with van der Waals surface area (Å²) in [6.45, 7) is 2.15. The van der Waals surface area contributed by atoms with Crippen molar-refractivity contribution in [1.82, 2.24) is 5.32 Å². The average molecular weight is 398 g/mol. The Labute approximate surface area is 169 Å². The lowest BCUT2D eigenvalue weighted by Gasteiger charge is -2.25. The number of amides is 1. The van der Waals surface area contributed by atoms with Crippen LogP contribution in [-0.2, 0) is 6.54 Å². The van der Waals surface area contributed by atoms with E-state index in [-0.39, 0.29) is 17.5 Å². The van der Waals surface area contributed by atoms with Gasteiger partial charge in [0.15, 0.2) is 0 Å². The molecule has 7 heteroatoms. The Bertz CT molecular complexity index is 835. The number of aliphatic hydroxyl groups excluding tert-OH is 1. The van der Waals surface area contributed by atoms with Crippen molar-refractivity contribution in [3.05, 3.63) is 65.2 Å². The van der Waals surface area contributed by atoms with Gasteiger partial charge in [-0.2, -0.15) is 0 Å². The minimum absolute atomic E-state index is 0.152. The monoisotopic (exact) mass is 398 g/mol. The summed E-state index contributed by atoms with van der Waals surface area (Å²) >= 11 is 0. The van der Waals surface area contributed by atoms with Crippen LogP contribution in [-0.4, -0.2) is 49.3 Å². The van der Waals surface area contributed by atoms with E-state index in [4.69, 9.17) is 4.74 Å². The molecule has 2 aromatic carbocycles. The number of nitrogens with one attached hydrogen (secondary N) is 2. The molecule has 29 heavy (non-hydrogen) atoms. The fourth-order valence-corrected chi connectivity index (χ4v) is 3.66. The summed E-state index contributed by atoms with van der Waals surface area (Å²) in [5.74, 6) is -0.740. The zero-order valence-corrected chi connectivity index (χ0v) is 16.4. The van der Waals surface area contributed by atoms with Crippen LogP contribution >= 0.6 is 0 Å². The minimum Gasteiger partial charge on any atom is -0.545 e. The normalized spacial score (nSPS) is 21.8. The molecule has 1 aliphatic heterocycles. The third kappa shape index (κ3) is 5.56. The molecule has 1 aliphatic rings. The van der Waals surface area contributed by atoms with Gasteiger partial charge < -0.3 is 30.0 Å². The van der Waals surface area contributed by atoms with E-state index < -0.39 is 12.1 Å². The molecule has 1 heterocycles. The predicted molar refractivity (Wildman–Crippen MR) is 105 cm³/mol. The highest BCUT2D eigenvalue weighted by Crippen LogP contribution is 2.12. The summed E-state index contributed by atoms with van der Waals surface area (Å²) in [7, 11) is 1.57. The molecule has 3 N–H and O–H groups in total. The molecule has 1 fully saturated rings. The first-order valence-electron chi connectivity index (χ1n) is 9.73. The van der Waals surface area contributed by atoms with Crippen molar-refractivity contribution in [3.8, 4) is 5.75 Å². The second-order valence-electron chi connectivity index (χ2n) is 7.38. The number of rotatable bonds is 6. The second kappa shape index (κ2) is 9.54. The van der Waals surface area contributed by atoms with Gasteiger partial charge in [-0.25, -0.2) is 0 Å². The number of hydrogen-bond acceptors (Lipinski definition) is 5. The van der Waals surface area contributed by atoms with Gasteiger partial charge in [-0.1, -0.05) is 24.3 Å². The van der Waals surface area contributed by atoms with Gasteiger partial charge in [-0.05, 0) is 42.7 Å². The zero-order chi connectivity index (χ0) is 20.8. The standard InChI is InChI=1S/C22H26N2O5/c1-29-18-10-8-16(9-11-18)21(26)23-19-14-24(12-2-3-20(19)25)13-15-4-6-17(7-5-15)22(27)28/h4-11,19-20,25H,2-3,12-14H2,1H3,(H,23,26)(H,27,28)/t19-,20-/m1/s1. The van der Waals surface area contributed by atoms with Gasteiger partial charge in [0.2, 0.25) is 0 Å². The fraction of sp³-hybridized carbons (Fsp3) is 0.364. The molecule has 0 aromatic heterocycles. The number of hydrogen-bond donors (Lipinski definition) is 3. The van der Waals surface area contributed by atoms with Gasteiger partial charge >= 0.3 is 0 Å². The SMILES string of the molecule is COc1ccc(C(=O)N[C@@H]2C[NH+](Cc3ccc(C(=O)[O-])cc3)CCC[C@H]2O)cc1. The molecule has 3 atom stereocenters. The number of aliphatic hydroxyl groups is 1. The van der Waals surface area contributed by atoms with E-state index in [1.807, 2.05) is 0 Å². The molecule has 7 nitrogen and oxygen atoms in total. The largest absolute Gasteiger partial charge is 0.545 e. The number of benzene rings is 2. The summed E-state index contributed by atoms with van der Waals surface area (Å²) in [6, 6.07) is 13.1. The number of carbonyl (C=O) groups is 2. The van der Waals surface area contributed by atoms with E-state index in [1.54, 1.807) is 55.6 Å². The Hall–Kier alpha value is -2.90. The predicted octanol–water partition coefficient (Wildman–Crippen LogP) is -0.603. The van der Waals surface area contributed by atoms with Crippen LogP contribution in [0.3, 0.4) is 0 Å². The summed E-state index contributed by atoms with van der Waals surface area (Å²) in [5, 5.41) is 24.3. The third-order valence-corrected chi connectivity index (χ3v) is 5.32. The van der Waals surface area contributed by atoms with Gasteiger partial charge in [0.05, 0.1) is 25.7 Å². The number of likely N-dealkylation sites (tertiary alicyclic amines) is 1. The highest BCUT2D eigenvalue weighted by Gasteiger charge is 2.29. The van der Waals surface area contributed by atoms with Gasteiger partial charge in [0.1, 0.15) is 24.9 Å². The molecule has 0 aliphatic carbocycles. The molecular formula is C22H26N2O5. The first kappa shape index (κ1) is 20.8. The number of aromatic carboxylic acids is 1. The van der Waals surface area contributed by atoms with Crippen LogP contribution in [0.1, 0.15) is 39.1 Å². The van der Waals surface area contributed by atoms with E-state index in [9.17, 15) is 19.8 Å². The smallest absolute Gasteiger partial charge is 0.251 e. The topological polar surface area (TPSA) is 103 Å². The van der Waals surface area contributed by atoms with Crippen molar-refractivity contribution in [3.63, 3.8) is 0 Å². The lowest BCUT2D eigenvalue weighted by Crippen LogP contribution is -3.12.